The molecule has 0 fully saturated rings. The van der Waals surface area contributed by atoms with Crippen molar-refractivity contribution < 1.29 is 18.7 Å². The van der Waals surface area contributed by atoms with Gasteiger partial charge in [-0.05, 0) is 42.0 Å². The van der Waals surface area contributed by atoms with Crippen LogP contribution in [0.5, 0.6) is 11.5 Å². The Labute approximate surface area is 176 Å². The molecule has 0 spiro atoms. The first-order valence-electron chi connectivity index (χ1n) is 9.84. The minimum Gasteiger partial charge on any atom is -0.454 e. The lowest BCUT2D eigenvalue weighted by atomic mass is 9.96. The van der Waals surface area contributed by atoms with Crippen molar-refractivity contribution in [3.63, 3.8) is 0 Å². The molecule has 31 heavy (non-hydrogen) atoms. The number of amides is 1. The molecule has 1 amide bonds. The standard InChI is InChI=1S/C24H16FN3O3/c25-16-7-9-17(10-8-16)28-23(14-4-2-1-3-5-14)20-21(26-24(29)22(20)27-28)15-6-11-18-19(12-15)31-13-30-18/h1-12,21H,13H2,(H,26,29). The number of hydrogen-bond acceptors (Lipinski definition) is 4. The van der Waals surface area contributed by atoms with E-state index in [1.54, 1.807) is 16.8 Å². The molecule has 1 N–H and O–H groups in total. The Bertz CT molecular complexity index is 1320. The Kier molecular flexibility index (Phi) is 3.83. The highest BCUT2D eigenvalue weighted by molar-refractivity contribution is 6.00. The number of carbonyl (C=O) groups is 1. The predicted octanol–water partition coefficient (Wildman–Crippen LogP) is 4.24. The first-order valence-corrected chi connectivity index (χ1v) is 9.84. The number of halogens is 1. The van der Waals surface area contributed by atoms with Gasteiger partial charge in [-0.3, -0.25) is 4.79 Å². The molecule has 152 valence electrons. The molecule has 0 bridgehead atoms. The molecule has 0 aliphatic carbocycles. The summed E-state index contributed by atoms with van der Waals surface area (Å²) < 4.78 is 26.2. The molecule has 2 aliphatic heterocycles. The Morgan fingerprint density at radius 2 is 1.74 bits per heavy atom. The van der Waals surface area contributed by atoms with E-state index in [1.807, 2.05) is 48.5 Å². The largest absolute Gasteiger partial charge is 0.454 e. The van der Waals surface area contributed by atoms with Gasteiger partial charge in [0.1, 0.15) is 5.82 Å². The summed E-state index contributed by atoms with van der Waals surface area (Å²) in [7, 11) is 0. The highest BCUT2D eigenvalue weighted by Crippen LogP contribution is 2.42. The Morgan fingerprint density at radius 3 is 2.55 bits per heavy atom. The summed E-state index contributed by atoms with van der Waals surface area (Å²) in [5.74, 6) is 0.738. The number of carbonyl (C=O) groups excluding carboxylic acids is 1. The minimum absolute atomic E-state index is 0.179. The molecule has 6 rings (SSSR count). The molecule has 1 unspecified atom stereocenters. The number of benzene rings is 3. The van der Waals surface area contributed by atoms with E-state index in [9.17, 15) is 9.18 Å². The smallest absolute Gasteiger partial charge is 0.272 e. The van der Waals surface area contributed by atoms with Crippen LogP contribution in [-0.2, 0) is 0 Å². The lowest BCUT2D eigenvalue weighted by Crippen LogP contribution is -2.22. The van der Waals surface area contributed by atoms with Crippen molar-refractivity contribution in [2.75, 3.05) is 6.79 Å². The lowest BCUT2D eigenvalue weighted by Gasteiger charge is -2.16. The van der Waals surface area contributed by atoms with Gasteiger partial charge in [0, 0.05) is 11.1 Å². The molecule has 6 nitrogen and oxygen atoms in total. The van der Waals surface area contributed by atoms with E-state index in [1.165, 1.54) is 12.1 Å². The van der Waals surface area contributed by atoms with Gasteiger partial charge in [0.05, 0.1) is 17.4 Å². The van der Waals surface area contributed by atoms with Gasteiger partial charge in [-0.2, -0.15) is 5.10 Å². The van der Waals surface area contributed by atoms with Crippen LogP contribution >= 0.6 is 0 Å². The molecule has 0 saturated heterocycles. The number of nitrogens with zero attached hydrogens (tertiary/aromatic N) is 2. The zero-order chi connectivity index (χ0) is 20.9. The summed E-state index contributed by atoms with van der Waals surface area (Å²) in [4.78, 5) is 12.9. The van der Waals surface area contributed by atoms with E-state index < -0.39 is 6.04 Å². The van der Waals surface area contributed by atoms with Crippen molar-refractivity contribution in [1.29, 1.82) is 0 Å². The highest BCUT2D eigenvalue weighted by atomic mass is 19.1. The average Bonchev–Trinajstić information content (AvgIpc) is 3.49. The quantitative estimate of drug-likeness (QED) is 0.546. The Balaban J connectivity index is 1.57. The summed E-state index contributed by atoms with van der Waals surface area (Å²) in [6, 6.07) is 21.0. The van der Waals surface area contributed by atoms with Crippen LogP contribution in [0.2, 0.25) is 0 Å². The second-order valence-electron chi connectivity index (χ2n) is 7.38. The van der Waals surface area contributed by atoms with Gasteiger partial charge < -0.3 is 14.8 Å². The molecule has 3 heterocycles. The zero-order valence-electron chi connectivity index (χ0n) is 16.2. The number of nitrogens with one attached hydrogen (secondary N) is 1. The molecule has 4 aromatic rings. The second-order valence-corrected chi connectivity index (χ2v) is 7.38. The number of aromatic nitrogens is 2. The number of rotatable bonds is 3. The van der Waals surface area contributed by atoms with Crippen LogP contribution in [0.3, 0.4) is 0 Å². The van der Waals surface area contributed by atoms with Gasteiger partial charge in [-0.15, -0.1) is 0 Å². The van der Waals surface area contributed by atoms with Crippen molar-refractivity contribution in [3.8, 4) is 28.4 Å². The summed E-state index contributed by atoms with van der Waals surface area (Å²) >= 11 is 0. The molecule has 3 aromatic carbocycles. The van der Waals surface area contributed by atoms with Gasteiger partial charge >= 0.3 is 0 Å². The highest BCUT2D eigenvalue weighted by Gasteiger charge is 2.38. The van der Waals surface area contributed by atoms with E-state index >= 15 is 0 Å². The van der Waals surface area contributed by atoms with Crippen molar-refractivity contribution in [2.45, 2.75) is 6.04 Å². The van der Waals surface area contributed by atoms with Gasteiger partial charge in [-0.25, -0.2) is 9.07 Å². The minimum atomic E-state index is -0.401. The third-order valence-corrected chi connectivity index (χ3v) is 5.55. The molecule has 7 heteroatoms. The van der Waals surface area contributed by atoms with Crippen LogP contribution in [0.15, 0.2) is 72.8 Å². The zero-order valence-corrected chi connectivity index (χ0v) is 16.2. The van der Waals surface area contributed by atoms with Gasteiger partial charge in [-0.1, -0.05) is 36.4 Å². The lowest BCUT2D eigenvalue weighted by molar-refractivity contribution is 0.0955. The van der Waals surface area contributed by atoms with Crippen molar-refractivity contribution in [1.82, 2.24) is 15.1 Å². The number of ether oxygens (including phenoxy) is 2. The molecule has 1 atom stereocenters. The van der Waals surface area contributed by atoms with Crippen LogP contribution in [0.1, 0.15) is 27.7 Å². The van der Waals surface area contributed by atoms with E-state index in [0.29, 0.717) is 22.9 Å². The van der Waals surface area contributed by atoms with Crippen molar-refractivity contribution in [2.24, 2.45) is 0 Å². The van der Waals surface area contributed by atoms with E-state index in [-0.39, 0.29) is 18.5 Å². The average molecular weight is 413 g/mol. The van der Waals surface area contributed by atoms with Crippen LogP contribution < -0.4 is 14.8 Å². The predicted molar refractivity (Wildman–Crippen MR) is 111 cm³/mol. The maximum atomic E-state index is 13.5. The first-order chi connectivity index (χ1) is 15.2. The van der Waals surface area contributed by atoms with E-state index in [2.05, 4.69) is 10.4 Å². The van der Waals surface area contributed by atoms with E-state index in [0.717, 1.165) is 22.4 Å². The molecule has 0 radical (unpaired) electrons. The van der Waals surface area contributed by atoms with Crippen LogP contribution in [-0.4, -0.2) is 22.5 Å². The van der Waals surface area contributed by atoms with Gasteiger partial charge in [0.15, 0.2) is 17.2 Å². The van der Waals surface area contributed by atoms with Gasteiger partial charge in [0.25, 0.3) is 5.91 Å². The van der Waals surface area contributed by atoms with Crippen LogP contribution in [0.4, 0.5) is 4.39 Å². The Morgan fingerprint density at radius 1 is 0.968 bits per heavy atom. The van der Waals surface area contributed by atoms with Gasteiger partial charge in [0.2, 0.25) is 6.79 Å². The fourth-order valence-corrected chi connectivity index (χ4v) is 4.13. The maximum absolute atomic E-state index is 13.5. The number of fused-ring (bicyclic) bond motifs is 2. The SMILES string of the molecule is O=C1NC(c2ccc3c(c2)OCO3)c2c1nn(-c1ccc(F)cc1)c2-c1ccccc1. The fraction of sp³-hybridized carbons (Fsp3) is 0.0833. The second kappa shape index (κ2) is 6.70. The normalized spacial score (nSPS) is 16.3. The molecule has 1 aromatic heterocycles. The summed E-state index contributed by atoms with van der Waals surface area (Å²) in [5.41, 5.74) is 4.36. The fourth-order valence-electron chi connectivity index (χ4n) is 4.13. The summed E-state index contributed by atoms with van der Waals surface area (Å²) in [5, 5.41) is 7.66. The Hall–Kier alpha value is -4.13. The third kappa shape index (κ3) is 2.78. The summed E-state index contributed by atoms with van der Waals surface area (Å²) in [6.45, 7) is 0.179. The monoisotopic (exact) mass is 413 g/mol. The molecule has 2 aliphatic rings. The maximum Gasteiger partial charge on any atom is 0.272 e. The van der Waals surface area contributed by atoms with Crippen molar-refractivity contribution >= 4 is 5.91 Å². The topological polar surface area (TPSA) is 65.4 Å². The summed E-state index contributed by atoms with van der Waals surface area (Å²) in [6.07, 6.45) is 0. The molecular weight excluding hydrogens is 397 g/mol. The third-order valence-electron chi connectivity index (χ3n) is 5.55. The number of hydrogen-bond donors (Lipinski definition) is 1. The molecular formula is C24H16FN3O3. The van der Waals surface area contributed by atoms with Crippen LogP contribution in [0, 0.1) is 5.82 Å². The molecule has 0 saturated carbocycles. The first kappa shape index (κ1) is 17.7. The van der Waals surface area contributed by atoms with Crippen molar-refractivity contribution in [3.05, 3.63) is 95.4 Å². The van der Waals surface area contributed by atoms with E-state index in [4.69, 9.17) is 9.47 Å². The van der Waals surface area contributed by atoms with Crippen LogP contribution in [0.25, 0.3) is 16.9 Å².